The van der Waals surface area contributed by atoms with Crippen molar-refractivity contribution in [2.75, 3.05) is 19.8 Å². The second-order valence-corrected chi connectivity index (χ2v) is 5.49. The van der Waals surface area contributed by atoms with Gasteiger partial charge >= 0.3 is 0 Å². The summed E-state index contributed by atoms with van der Waals surface area (Å²) >= 11 is 5.82. The lowest BCUT2D eigenvalue weighted by molar-refractivity contribution is -0.128. The maximum Gasteiger partial charge on any atom is 0.247 e. The maximum atomic E-state index is 11.4. The molecule has 0 saturated carbocycles. The largest absolute Gasteiger partial charge is 0.347 e. The van der Waals surface area contributed by atoms with Gasteiger partial charge in [-0.25, -0.2) is 0 Å². The smallest absolute Gasteiger partial charge is 0.247 e. The molecule has 0 rings (SSSR count). The molecular formula is C7H15NOS2. The van der Waals surface area contributed by atoms with Crippen LogP contribution in [0.5, 0.6) is 0 Å². The summed E-state index contributed by atoms with van der Waals surface area (Å²) in [7, 11) is 3.49. The lowest BCUT2D eigenvalue weighted by atomic mass is 10.4. The van der Waals surface area contributed by atoms with Gasteiger partial charge in [0, 0.05) is 14.1 Å². The third-order valence-corrected chi connectivity index (χ3v) is 2.83. The monoisotopic (exact) mass is 193 g/mol. The van der Waals surface area contributed by atoms with Crippen molar-refractivity contribution in [1.82, 2.24) is 4.90 Å². The third kappa shape index (κ3) is 3.38. The summed E-state index contributed by atoms with van der Waals surface area (Å²) < 4.78 is -0.571. The molecule has 66 valence electrons. The van der Waals surface area contributed by atoms with E-state index in [0.29, 0.717) is 0 Å². The fourth-order valence-corrected chi connectivity index (χ4v) is 2.21. The molecule has 0 radical (unpaired) electrons. The SMILES string of the molecule is CCSC(C)(S)C(=O)N(C)C. The molecule has 1 atom stereocenters. The van der Waals surface area contributed by atoms with Crippen molar-refractivity contribution in [2.24, 2.45) is 0 Å². The number of hydrogen-bond donors (Lipinski definition) is 1. The average Bonchev–Trinajstić information content (AvgIpc) is 1.86. The van der Waals surface area contributed by atoms with Crippen molar-refractivity contribution in [2.45, 2.75) is 17.9 Å². The minimum atomic E-state index is -0.571. The fraction of sp³-hybridized carbons (Fsp3) is 0.857. The minimum Gasteiger partial charge on any atom is -0.347 e. The number of thiol groups is 1. The van der Waals surface area contributed by atoms with E-state index in [4.69, 9.17) is 0 Å². The molecule has 1 amide bonds. The van der Waals surface area contributed by atoms with E-state index in [1.807, 2.05) is 13.8 Å². The minimum absolute atomic E-state index is 0.0488. The molecule has 0 aromatic rings. The average molecular weight is 193 g/mol. The zero-order valence-electron chi connectivity index (χ0n) is 7.42. The van der Waals surface area contributed by atoms with Gasteiger partial charge in [0.25, 0.3) is 0 Å². The van der Waals surface area contributed by atoms with E-state index in [-0.39, 0.29) is 5.91 Å². The maximum absolute atomic E-state index is 11.4. The standard InChI is InChI=1S/C7H15NOS2/c1-5-11-7(2,10)6(9)8(3)4/h10H,5H2,1-4H3. The first kappa shape index (κ1) is 11.2. The van der Waals surface area contributed by atoms with Crippen LogP contribution >= 0.6 is 24.4 Å². The number of nitrogens with zero attached hydrogens (tertiary/aromatic N) is 1. The summed E-state index contributed by atoms with van der Waals surface area (Å²) in [4.78, 5) is 12.9. The van der Waals surface area contributed by atoms with Gasteiger partial charge < -0.3 is 4.90 Å². The van der Waals surface area contributed by atoms with E-state index in [0.717, 1.165) is 5.75 Å². The van der Waals surface area contributed by atoms with Crippen LogP contribution in [0, 0.1) is 0 Å². The Kier molecular flexibility index (Phi) is 4.32. The van der Waals surface area contributed by atoms with Crippen LogP contribution < -0.4 is 0 Å². The van der Waals surface area contributed by atoms with Crippen molar-refractivity contribution in [3.05, 3.63) is 0 Å². The number of carbonyl (C=O) groups is 1. The van der Waals surface area contributed by atoms with Crippen molar-refractivity contribution in [3.63, 3.8) is 0 Å². The molecule has 0 bridgehead atoms. The van der Waals surface area contributed by atoms with E-state index < -0.39 is 4.08 Å². The van der Waals surface area contributed by atoms with E-state index in [1.165, 1.54) is 0 Å². The van der Waals surface area contributed by atoms with Crippen molar-refractivity contribution >= 4 is 30.3 Å². The molecule has 0 aliphatic carbocycles. The Labute approximate surface area is 78.1 Å². The van der Waals surface area contributed by atoms with Crippen LogP contribution in [0.4, 0.5) is 0 Å². The highest BCUT2D eigenvalue weighted by Gasteiger charge is 2.29. The first-order chi connectivity index (χ1) is 4.91. The van der Waals surface area contributed by atoms with E-state index in [2.05, 4.69) is 12.6 Å². The summed E-state index contributed by atoms with van der Waals surface area (Å²) in [6, 6.07) is 0. The van der Waals surface area contributed by atoms with Crippen LogP contribution in [-0.4, -0.2) is 34.7 Å². The summed E-state index contributed by atoms with van der Waals surface area (Å²) in [5.41, 5.74) is 0. The van der Waals surface area contributed by atoms with Gasteiger partial charge in [-0.1, -0.05) is 6.92 Å². The lowest BCUT2D eigenvalue weighted by Crippen LogP contribution is -2.37. The summed E-state index contributed by atoms with van der Waals surface area (Å²) in [5, 5.41) is 0. The Morgan fingerprint density at radius 1 is 1.64 bits per heavy atom. The number of amides is 1. The lowest BCUT2D eigenvalue weighted by Gasteiger charge is -2.24. The summed E-state index contributed by atoms with van der Waals surface area (Å²) in [6.45, 7) is 3.84. The van der Waals surface area contributed by atoms with Crippen molar-refractivity contribution < 1.29 is 4.79 Å². The molecule has 0 aromatic carbocycles. The normalized spacial score (nSPS) is 15.7. The van der Waals surface area contributed by atoms with Gasteiger partial charge in [0.05, 0.1) is 0 Å². The molecule has 0 aromatic heterocycles. The number of hydrogen-bond acceptors (Lipinski definition) is 3. The van der Waals surface area contributed by atoms with Crippen LogP contribution in [0.25, 0.3) is 0 Å². The molecule has 0 spiro atoms. The molecule has 2 nitrogen and oxygen atoms in total. The molecule has 0 heterocycles. The molecular weight excluding hydrogens is 178 g/mol. The van der Waals surface area contributed by atoms with Crippen LogP contribution in [-0.2, 0) is 4.79 Å². The quantitative estimate of drug-likeness (QED) is 0.541. The van der Waals surface area contributed by atoms with E-state index in [9.17, 15) is 4.79 Å². The zero-order valence-corrected chi connectivity index (χ0v) is 9.13. The number of thioether (sulfide) groups is 1. The highest BCUT2D eigenvalue weighted by atomic mass is 32.2. The molecule has 0 aliphatic heterocycles. The molecule has 4 heteroatoms. The van der Waals surface area contributed by atoms with Crippen LogP contribution in [0.3, 0.4) is 0 Å². The zero-order chi connectivity index (χ0) is 9.07. The molecule has 0 saturated heterocycles. The first-order valence-corrected chi connectivity index (χ1v) is 4.93. The van der Waals surface area contributed by atoms with E-state index >= 15 is 0 Å². The molecule has 1 unspecified atom stereocenters. The van der Waals surface area contributed by atoms with Gasteiger partial charge in [-0.05, 0) is 12.7 Å². The third-order valence-electron chi connectivity index (χ3n) is 1.23. The Morgan fingerprint density at radius 2 is 2.09 bits per heavy atom. The second-order valence-electron chi connectivity index (χ2n) is 2.62. The van der Waals surface area contributed by atoms with Crippen molar-refractivity contribution in [3.8, 4) is 0 Å². The van der Waals surface area contributed by atoms with Crippen LogP contribution in [0.15, 0.2) is 0 Å². The van der Waals surface area contributed by atoms with E-state index in [1.54, 1.807) is 30.8 Å². The van der Waals surface area contributed by atoms with Gasteiger partial charge in [-0.3, -0.25) is 4.79 Å². The molecule has 11 heavy (non-hydrogen) atoms. The number of rotatable bonds is 3. The summed E-state index contributed by atoms with van der Waals surface area (Å²) in [6.07, 6.45) is 0. The Hall–Kier alpha value is 0.170. The van der Waals surface area contributed by atoms with Gasteiger partial charge in [-0.2, -0.15) is 12.6 Å². The van der Waals surface area contributed by atoms with Gasteiger partial charge in [-0.15, -0.1) is 11.8 Å². The predicted octanol–water partition coefficient (Wildman–Crippen LogP) is 1.47. The Balaban J connectivity index is 4.17. The Morgan fingerprint density at radius 3 is 2.36 bits per heavy atom. The topological polar surface area (TPSA) is 20.3 Å². The fourth-order valence-electron chi connectivity index (χ4n) is 0.758. The highest BCUT2D eigenvalue weighted by molar-refractivity contribution is 8.12. The number of carbonyl (C=O) groups excluding carboxylic acids is 1. The van der Waals surface area contributed by atoms with Crippen LogP contribution in [0.2, 0.25) is 0 Å². The van der Waals surface area contributed by atoms with Gasteiger partial charge in [0.1, 0.15) is 4.08 Å². The van der Waals surface area contributed by atoms with Crippen molar-refractivity contribution in [1.29, 1.82) is 0 Å². The van der Waals surface area contributed by atoms with Crippen LogP contribution in [0.1, 0.15) is 13.8 Å². The molecule has 0 fully saturated rings. The molecule has 0 N–H and O–H groups in total. The summed E-state index contributed by atoms with van der Waals surface area (Å²) in [5.74, 6) is 0.951. The Bertz CT molecular complexity index is 145. The predicted molar refractivity (Wildman–Crippen MR) is 54.2 cm³/mol. The van der Waals surface area contributed by atoms with Gasteiger partial charge in [0.2, 0.25) is 5.91 Å². The van der Waals surface area contributed by atoms with Gasteiger partial charge in [0.15, 0.2) is 0 Å². The molecule has 0 aliphatic rings. The second kappa shape index (κ2) is 4.26. The first-order valence-electron chi connectivity index (χ1n) is 3.50. The highest BCUT2D eigenvalue weighted by Crippen LogP contribution is 2.30.